The molecule has 0 fully saturated rings. The molecular formula is C27H30N2O6. The zero-order chi connectivity index (χ0) is 25.1. The number of carbonyl (C=O) groups excluding carboxylic acids is 1. The van der Waals surface area contributed by atoms with Gasteiger partial charge in [-0.3, -0.25) is 4.79 Å². The van der Waals surface area contributed by atoms with Crippen LogP contribution in [0.4, 0.5) is 0 Å². The molecule has 0 saturated carbocycles. The van der Waals surface area contributed by atoms with Gasteiger partial charge in [0.25, 0.3) is 5.56 Å². The third kappa shape index (κ3) is 4.69. The molecule has 1 aliphatic heterocycles. The summed E-state index contributed by atoms with van der Waals surface area (Å²) in [6.07, 6.45) is 0.896. The molecule has 0 saturated heterocycles. The topological polar surface area (TPSA) is 113 Å². The summed E-state index contributed by atoms with van der Waals surface area (Å²) in [5.41, 5.74) is 7.46. The Kier molecular flexibility index (Phi) is 7.00. The molecule has 2 heterocycles. The van der Waals surface area contributed by atoms with Crippen molar-refractivity contribution in [1.29, 1.82) is 0 Å². The Morgan fingerprint density at radius 1 is 1.17 bits per heavy atom. The number of hydrogen-bond donors (Lipinski definition) is 2. The molecule has 4 rings (SSSR count). The molecule has 1 aromatic heterocycles. The monoisotopic (exact) mass is 478 g/mol. The third-order valence-electron chi connectivity index (χ3n) is 5.93. The van der Waals surface area contributed by atoms with E-state index in [-0.39, 0.29) is 29.2 Å². The van der Waals surface area contributed by atoms with Crippen LogP contribution in [0.2, 0.25) is 0 Å². The maximum absolute atomic E-state index is 13.3. The van der Waals surface area contributed by atoms with E-state index in [0.717, 1.165) is 6.42 Å². The van der Waals surface area contributed by atoms with Gasteiger partial charge in [0.1, 0.15) is 11.3 Å². The first-order valence-corrected chi connectivity index (χ1v) is 11.7. The number of rotatable bonds is 8. The molecule has 0 spiro atoms. The molecule has 8 heteroatoms. The second-order valence-electron chi connectivity index (χ2n) is 8.72. The van der Waals surface area contributed by atoms with Gasteiger partial charge < -0.3 is 29.7 Å². The number of carbonyl (C=O) groups is 1. The van der Waals surface area contributed by atoms with Crippen molar-refractivity contribution in [2.24, 2.45) is 11.7 Å². The van der Waals surface area contributed by atoms with Gasteiger partial charge in [0, 0.05) is 5.39 Å². The molecule has 184 valence electrons. The number of hydrogen-bond acceptors (Lipinski definition) is 7. The van der Waals surface area contributed by atoms with E-state index in [1.165, 1.54) is 0 Å². The maximum atomic E-state index is 13.3. The van der Waals surface area contributed by atoms with Crippen molar-refractivity contribution < 1.29 is 23.7 Å². The molecule has 0 bridgehead atoms. The first-order chi connectivity index (χ1) is 16.8. The average Bonchev–Trinajstić information content (AvgIpc) is 2.83. The Balaban J connectivity index is 1.89. The molecule has 0 amide bonds. The van der Waals surface area contributed by atoms with E-state index in [9.17, 15) is 9.59 Å². The van der Waals surface area contributed by atoms with Crippen LogP contribution in [0.1, 0.15) is 44.2 Å². The Hall–Kier alpha value is -3.94. The van der Waals surface area contributed by atoms with Crippen LogP contribution in [0.25, 0.3) is 10.9 Å². The van der Waals surface area contributed by atoms with Crippen LogP contribution < -0.4 is 25.5 Å². The van der Waals surface area contributed by atoms with Gasteiger partial charge in [-0.25, -0.2) is 4.79 Å². The fraction of sp³-hybridized carbons (Fsp3) is 0.333. The summed E-state index contributed by atoms with van der Waals surface area (Å²) in [6.45, 7) is 6.64. The summed E-state index contributed by atoms with van der Waals surface area (Å²) >= 11 is 0. The number of nitrogens with two attached hydrogens (primary N) is 1. The van der Waals surface area contributed by atoms with Crippen LogP contribution in [-0.2, 0) is 9.53 Å². The number of H-pyrrole nitrogens is 1. The number of pyridine rings is 1. The highest BCUT2D eigenvalue weighted by molar-refractivity contribution is 5.95. The van der Waals surface area contributed by atoms with Gasteiger partial charge in [0.15, 0.2) is 11.5 Å². The van der Waals surface area contributed by atoms with E-state index in [0.29, 0.717) is 46.2 Å². The summed E-state index contributed by atoms with van der Waals surface area (Å²) in [4.78, 5) is 29.2. The summed E-state index contributed by atoms with van der Waals surface area (Å²) in [5.74, 6) is 0.295. The Morgan fingerprint density at radius 2 is 1.94 bits per heavy atom. The molecule has 0 unspecified atom stereocenters. The van der Waals surface area contributed by atoms with E-state index in [1.807, 2.05) is 18.2 Å². The number of aromatic nitrogens is 1. The number of ether oxygens (including phenoxy) is 4. The largest absolute Gasteiger partial charge is 0.493 e. The van der Waals surface area contributed by atoms with Crippen molar-refractivity contribution in [3.05, 3.63) is 75.4 Å². The van der Waals surface area contributed by atoms with Gasteiger partial charge in [-0.1, -0.05) is 32.0 Å². The van der Waals surface area contributed by atoms with Gasteiger partial charge in [0.05, 0.1) is 37.3 Å². The normalized spacial score (nSPS) is 15.1. The maximum Gasteiger partial charge on any atom is 0.340 e. The molecule has 3 N–H and O–H groups in total. The Bertz CT molecular complexity index is 1340. The lowest BCUT2D eigenvalue weighted by molar-refractivity contribution is -0.139. The number of esters is 1. The van der Waals surface area contributed by atoms with Crippen LogP contribution >= 0.6 is 0 Å². The summed E-state index contributed by atoms with van der Waals surface area (Å²) in [5, 5.41) is 0.679. The smallest absolute Gasteiger partial charge is 0.340 e. The van der Waals surface area contributed by atoms with Crippen molar-refractivity contribution in [3.63, 3.8) is 0 Å². The number of fused-ring (bicyclic) bond motifs is 3. The van der Waals surface area contributed by atoms with Crippen molar-refractivity contribution in [3.8, 4) is 17.2 Å². The van der Waals surface area contributed by atoms with Crippen LogP contribution in [0.3, 0.4) is 0 Å². The lowest BCUT2D eigenvalue weighted by atomic mass is 9.82. The number of para-hydroxylation sites is 1. The third-order valence-corrected chi connectivity index (χ3v) is 5.93. The van der Waals surface area contributed by atoms with E-state index in [2.05, 4.69) is 18.8 Å². The summed E-state index contributed by atoms with van der Waals surface area (Å²) in [7, 11) is 1.54. The molecule has 1 atom stereocenters. The first kappa shape index (κ1) is 24.2. The van der Waals surface area contributed by atoms with Gasteiger partial charge >= 0.3 is 5.97 Å². The minimum Gasteiger partial charge on any atom is -0.493 e. The zero-order valence-electron chi connectivity index (χ0n) is 20.3. The molecule has 8 nitrogen and oxygen atoms in total. The molecule has 1 aliphatic rings. The lowest BCUT2D eigenvalue weighted by Gasteiger charge is -2.29. The van der Waals surface area contributed by atoms with Crippen LogP contribution in [0.15, 0.2) is 58.7 Å². The number of methoxy groups -OCH3 is 1. The second kappa shape index (κ2) is 10.1. The van der Waals surface area contributed by atoms with E-state index >= 15 is 0 Å². The van der Waals surface area contributed by atoms with Crippen LogP contribution in [0.5, 0.6) is 17.2 Å². The molecule has 2 aromatic carbocycles. The van der Waals surface area contributed by atoms with E-state index in [4.69, 9.17) is 24.7 Å². The highest BCUT2D eigenvalue weighted by Gasteiger charge is 2.39. The van der Waals surface area contributed by atoms with Gasteiger partial charge in [0.2, 0.25) is 5.88 Å². The highest BCUT2D eigenvalue weighted by atomic mass is 16.5. The zero-order valence-corrected chi connectivity index (χ0v) is 20.3. The van der Waals surface area contributed by atoms with E-state index < -0.39 is 11.9 Å². The van der Waals surface area contributed by atoms with Crippen molar-refractivity contribution >= 4 is 16.9 Å². The van der Waals surface area contributed by atoms with Gasteiger partial charge in [-0.05, 0) is 49.1 Å². The minimum atomic E-state index is -0.829. The van der Waals surface area contributed by atoms with E-state index in [1.54, 1.807) is 38.3 Å². The summed E-state index contributed by atoms with van der Waals surface area (Å²) in [6, 6.07) is 12.6. The van der Waals surface area contributed by atoms with Crippen LogP contribution in [0, 0.1) is 5.92 Å². The quantitative estimate of drug-likeness (QED) is 0.466. The van der Waals surface area contributed by atoms with Gasteiger partial charge in [-0.2, -0.15) is 0 Å². The molecular weight excluding hydrogens is 448 g/mol. The predicted molar refractivity (Wildman–Crippen MR) is 133 cm³/mol. The highest BCUT2D eigenvalue weighted by Crippen LogP contribution is 2.45. The number of benzene rings is 2. The summed E-state index contributed by atoms with van der Waals surface area (Å²) < 4.78 is 22.7. The molecule has 35 heavy (non-hydrogen) atoms. The molecule has 3 aromatic rings. The minimum absolute atomic E-state index is 0.0654. The predicted octanol–water partition coefficient (Wildman–Crippen LogP) is 4.22. The number of nitrogens with one attached hydrogen (secondary N) is 1. The first-order valence-electron chi connectivity index (χ1n) is 11.7. The Labute approximate surface area is 203 Å². The van der Waals surface area contributed by atoms with Gasteiger partial charge in [-0.15, -0.1) is 0 Å². The van der Waals surface area contributed by atoms with Crippen LogP contribution in [-0.4, -0.2) is 31.3 Å². The van der Waals surface area contributed by atoms with Crippen molar-refractivity contribution in [2.75, 3.05) is 20.3 Å². The lowest BCUT2D eigenvalue weighted by Crippen LogP contribution is -2.32. The SMILES string of the molecule is CCOC(=O)C1=C(N)Oc2c(c(=O)[nH]c3ccccc23)[C@@H]1c1ccc(OCCC(C)C)c(OC)c1. The Morgan fingerprint density at radius 3 is 2.66 bits per heavy atom. The van der Waals surface area contributed by atoms with Crippen molar-refractivity contribution in [2.45, 2.75) is 33.1 Å². The molecule has 0 aliphatic carbocycles. The van der Waals surface area contributed by atoms with Crippen molar-refractivity contribution in [1.82, 2.24) is 4.98 Å². The number of aromatic amines is 1. The fourth-order valence-electron chi connectivity index (χ4n) is 4.20. The molecule has 0 radical (unpaired) electrons. The second-order valence-corrected chi connectivity index (χ2v) is 8.72. The average molecular weight is 479 g/mol. The fourth-order valence-corrected chi connectivity index (χ4v) is 4.20. The standard InChI is InChI=1S/C27H30N2O6/c1-5-33-27(31)23-21(16-10-11-19(20(14-16)32-4)34-13-12-15(2)3)22-24(35-25(23)28)17-8-6-7-9-18(17)29-26(22)30/h6-11,14-15,21H,5,12-13,28H2,1-4H3,(H,29,30)/t21-/m0/s1.